The number of morpholine rings is 1. The molecule has 2 unspecified atom stereocenters. The summed E-state index contributed by atoms with van der Waals surface area (Å²) in [5.41, 5.74) is 5.20. The van der Waals surface area contributed by atoms with Gasteiger partial charge in [0.05, 0.1) is 13.2 Å². The first-order valence-electron chi connectivity index (χ1n) is 7.03. The number of rotatable bonds is 3. The van der Waals surface area contributed by atoms with Crippen molar-refractivity contribution in [3.05, 3.63) is 11.1 Å². The Morgan fingerprint density at radius 2 is 2.10 bits per heavy atom. The Hall–Kier alpha value is -1.67. The molecule has 1 saturated carbocycles. The van der Waals surface area contributed by atoms with Gasteiger partial charge in [-0.25, -0.2) is 4.98 Å². The first-order chi connectivity index (χ1) is 10.1. The van der Waals surface area contributed by atoms with Gasteiger partial charge in [0.15, 0.2) is 5.13 Å². The van der Waals surface area contributed by atoms with Gasteiger partial charge in [-0.2, -0.15) is 0 Å². The molecule has 1 aromatic rings. The summed E-state index contributed by atoms with van der Waals surface area (Å²) in [6.45, 7) is 4.93. The largest absolute Gasteiger partial charge is 0.378 e. The highest BCUT2D eigenvalue weighted by molar-refractivity contribution is 7.13. The minimum Gasteiger partial charge on any atom is -0.378 e. The van der Waals surface area contributed by atoms with E-state index in [9.17, 15) is 9.59 Å². The lowest BCUT2D eigenvalue weighted by atomic mass is 10.3. The van der Waals surface area contributed by atoms with Gasteiger partial charge in [-0.05, 0) is 12.3 Å². The van der Waals surface area contributed by atoms with Crippen LogP contribution in [0.15, 0.2) is 5.38 Å². The summed E-state index contributed by atoms with van der Waals surface area (Å²) in [4.78, 5) is 30.0. The van der Waals surface area contributed by atoms with Gasteiger partial charge in [0.25, 0.3) is 5.91 Å². The van der Waals surface area contributed by atoms with E-state index >= 15 is 0 Å². The molecule has 3 rings (SSSR count). The molecule has 2 amide bonds. The van der Waals surface area contributed by atoms with E-state index < -0.39 is 0 Å². The molecule has 114 valence electrons. The minimum absolute atomic E-state index is 0.0321. The molecule has 2 fully saturated rings. The molecule has 21 heavy (non-hydrogen) atoms. The van der Waals surface area contributed by atoms with Crippen molar-refractivity contribution in [3.63, 3.8) is 0 Å². The molecule has 0 spiro atoms. The summed E-state index contributed by atoms with van der Waals surface area (Å²) < 4.78 is 5.29. The van der Waals surface area contributed by atoms with Crippen molar-refractivity contribution in [1.82, 2.24) is 15.8 Å². The van der Waals surface area contributed by atoms with Gasteiger partial charge in [-0.15, -0.1) is 11.3 Å². The van der Waals surface area contributed by atoms with Crippen LogP contribution in [0.1, 0.15) is 23.8 Å². The van der Waals surface area contributed by atoms with Gasteiger partial charge in [-0.1, -0.05) is 6.92 Å². The van der Waals surface area contributed by atoms with Crippen molar-refractivity contribution in [1.29, 1.82) is 0 Å². The number of hydrogen-bond donors (Lipinski definition) is 2. The molecule has 1 aliphatic heterocycles. The van der Waals surface area contributed by atoms with Crippen molar-refractivity contribution >= 4 is 28.3 Å². The number of hydrazine groups is 1. The quantitative estimate of drug-likeness (QED) is 0.790. The fourth-order valence-corrected chi connectivity index (χ4v) is 3.09. The molecule has 2 heterocycles. The van der Waals surface area contributed by atoms with Gasteiger partial charge in [0.1, 0.15) is 5.69 Å². The Labute approximate surface area is 126 Å². The number of nitrogens with zero attached hydrogens (tertiary/aromatic N) is 2. The summed E-state index contributed by atoms with van der Waals surface area (Å²) in [5.74, 6) is -0.0642. The molecule has 2 aliphatic rings. The zero-order valence-corrected chi connectivity index (χ0v) is 12.6. The number of nitrogens with one attached hydrogen (secondary N) is 2. The lowest BCUT2D eigenvalue weighted by molar-refractivity contribution is -0.123. The van der Waals surface area contributed by atoms with Crippen LogP contribution >= 0.6 is 11.3 Å². The fourth-order valence-electron chi connectivity index (χ4n) is 2.23. The number of hydrogen-bond acceptors (Lipinski definition) is 6. The second kappa shape index (κ2) is 5.98. The van der Waals surface area contributed by atoms with E-state index in [0.717, 1.165) is 24.6 Å². The number of thiazole rings is 1. The maximum atomic E-state index is 11.9. The zero-order chi connectivity index (χ0) is 14.8. The highest BCUT2D eigenvalue weighted by Gasteiger charge is 2.39. The Morgan fingerprint density at radius 1 is 1.38 bits per heavy atom. The van der Waals surface area contributed by atoms with Gasteiger partial charge in [-0.3, -0.25) is 20.4 Å². The van der Waals surface area contributed by atoms with Gasteiger partial charge in [0.2, 0.25) is 5.91 Å². The van der Waals surface area contributed by atoms with Crippen molar-refractivity contribution in [2.75, 3.05) is 31.2 Å². The van der Waals surface area contributed by atoms with Crippen LogP contribution in [0.3, 0.4) is 0 Å². The van der Waals surface area contributed by atoms with Crippen molar-refractivity contribution in [2.24, 2.45) is 11.8 Å². The van der Waals surface area contributed by atoms with E-state index in [1.54, 1.807) is 5.38 Å². The molecular weight excluding hydrogens is 292 g/mol. The van der Waals surface area contributed by atoms with E-state index in [0.29, 0.717) is 24.8 Å². The highest BCUT2D eigenvalue weighted by Crippen LogP contribution is 2.37. The Kier molecular flexibility index (Phi) is 4.07. The van der Waals surface area contributed by atoms with Gasteiger partial charge < -0.3 is 9.64 Å². The average molecular weight is 310 g/mol. The summed E-state index contributed by atoms with van der Waals surface area (Å²) in [5, 5.41) is 2.51. The normalized spacial score (nSPS) is 24.5. The first-order valence-corrected chi connectivity index (χ1v) is 7.91. The standard InChI is InChI=1S/C13H18N4O3S/c1-8-6-9(8)11(18)15-16-12(19)10-7-21-13(14-10)17-2-4-20-5-3-17/h7-9H,2-6H2,1H3,(H,15,18)(H,16,19). The Balaban J connectivity index is 1.52. The lowest BCUT2D eigenvalue weighted by Crippen LogP contribution is -2.42. The van der Waals surface area contributed by atoms with E-state index in [1.807, 2.05) is 6.92 Å². The number of amides is 2. The third kappa shape index (κ3) is 3.33. The van der Waals surface area contributed by atoms with Crippen LogP contribution in [0.5, 0.6) is 0 Å². The molecule has 1 saturated heterocycles. The van der Waals surface area contributed by atoms with Crippen molar-refractivity contribution < 1.29 is 14.3 Å². The van der Waals surface area contributed by atoms with Crippen LogP contribution in [0.25, 0.3) is 0 Å². The number of aromatic nitrogens is 1. The molecule has 1 aliphatic carbocycles. The summed E-state index contributed by atoms with van der Waals surface area (Å²) in [6, 6.07) is 0. The van der Waals surface area contributed by atoms with Crippen LogP contribution < -0.4 is 15.8 Å². The van der Waals surface area contributed by atoms with E-state index in [4.69, 9.17) is 4.74 Å². The molecule has 0 aromatic carbocycles. The summed E-state index contributed by atoms with van der Waals surface area (Å²) in [6.07, 6.45) is 0.888. The van der Waals surface area contributed by atoms with Gasteiger partial charge in [0, 0.05) is 24.4 Å². The van der Waals surface area contributed by atoms with E-state index in [2.05, 4.69) is 20.7 Å². The highest BCUT2D eigenvalue weighted by atomic mass is 32.1. The van der Waals surface area contributed by atoms with E-state index in [-0.39, 0.29) is 17.7 Å². The number of ether oxygens (including phenoxy) is 1. The number of carbonyl (C=O) groups is 2. The molecular formula is C13H18N4O3S. The molecule has 2 atom stereocenters. The first kappa shape index (κ1) is 14.3. The van der Waals surface area contributed by atoms with Crippen LogP contribution in [-0.4, -0.2) is 43.1 Å². The number of anilines is 1. The van der Waals surface area contributed by atoms with Crippen molar-refractivity contribution in [2.45, 2.75) is 13.3 Å². The maximum absolute atomic E-state index is 11.9. The lowest BCUT2D eigenvalue weighted by Gasteiger charge is -2.25. The predicted molar refractivity (Wildman–Crippen MR) is 78.0 cm³/mol. The monoisotopic (exact) mass is 310 g/mol. The average Bonchev–Trinajstić information content (AvgIpc) is 3.04. The Bertz CT molecular complexity index is 541. The molecule has 7 nitrogen and oxygen atoms in total. The SMILES string of the molecule is CC1CC1C(=O)NNC(=O)c1csc(N2CCOCC2)n1. The summed E-state index contributed by atoms with van der Waals surface area (Å²) in [7, 11) is 0. The Morgan fingerprint density at radius 3 is 2.76 bits per heavy atom. The van der Waals surface area contributed by atoms with Crippen LogP contribution in [0.2, 0.25) is 0 Å². The smallest absolute Gasteiger partial charge is 0.289 e. The van der Waals surface area contributed by atoms with Crippen LogP contribution in [0, 0.1) is 11.8 Å². The second-order valence-electron chi connectivity index (χ2n) is 5.38. The number of carbonyl (C=O) groups excluding carboxylic acids is 2. The predicted octanol–water partition coefficient (Wildman–Crippen LogP) is 0.397. The van der Waals surface area contributed by atoms with Crippen LogP contribution in [-0.2, 0) is 9.53 Å². The van der Waals surface area contributed by atoms with Crippen molar-refractivity contribution in [3.8, 4) is 0 Å². The van der Waals surface area contributed by atoms with Gasteiger partial charge >= 0.3 is 0 Å². The molecule has 8 heteroatoms. The molecule has 2 N–H and O–H groups in total. The second-order valence-corrected chi connectivity index (χ2v) is 6.21. The zero-order valence-electron chi connectivity index (χ0n) is 11.8. The molecule has 0 bridgehead atoms. The fraction of sp³-hybridized carbons (Fsp3) is 0.615. The van der Waals surface area contributed by atoms with Crippen LogP contribution in [0.4, 0.5) is 5.13 Å². The third-order valence-electron chi connectivity index (χ3n) is 3.75. The van der Waals surface area contributed by atoms with E-state index in [1.165, 1.54) is 11.3 Å². The maximum Gasteiger partial charge on any atom is 0.289 e. The summed E-state index contributed by atoms with van der Waals surface area (Å²) >= 11 is 1.42. The molecule has 0 radical (unpaired) electrons. The molecule has 1 aromatic heterocycles. The topological polar surface area (TPSA) is 83.6 Å². The minimum atomic E-state index is -0.382. The third-order valence-corrected chi connectivity index (χ3v) is 4.65.